The van der Waals surface area contributed by atoms with Gasteiger partial charge in [0.25, 0.3) is 0 Å². The molecule has 1 aliphatic rings. The summed E-state index contributed by atoms with van der Waals surface area (Å²) in [7, 11) is 1.57. The zero-order chi connectivity index (χ0) is 12.4. The molecule has 0 aliphatic carbocycles. The number of hydrogen-bond donors (Lipinski definition) is 0. The Labute approximate surface area is 106 Å². The van der Waals surface area contributed by atoms with Crippen molar-refractivity contribution in [1.82, 2.24) is 9.97 Å². The molecule has 2 rings (SSSR count). The molecule has 0 amide bonds. The molecule has 6 heteroatoms. The van der Waals surface area contributed by atoms with E-state index >= 15 is 0 Å². The molecule has 94 valence electrons. The van der Waals surface area contributed by atoms with Crippen molar-refractivity contribution in [2.75, 3.05) is 25.1 Å². The quantitative estimate of drug-likeness (QED) is 0.756. The number of rotatable bonds is 2. The van der Waals surface area contributed by atoms with E-state index in [0.717, 1.165) is 18.9 Å². The molecule has 0 aromatic carbocycles. The van der Waals surface area contributed by atoms with E-state index in [2.05, 4.69) is 14.9 Å². The third kappa shape index (κ3) is 2.61. The van der Waals surface area contributed by atoms with Gasteiger partial charge < -0.3 is 14.4 Å². The summed E-state index contributed by atoms with van der Waals surface area (Å²) in [6.07, 6.45) is 1.78. The van der Waals surface area contributed by atoms with Crippen LogP contribution in [0.25, 0.3) is 0 Å². The van der Waals surface area contributed by atoms with Gasteiger partial charge in [-0.05, 0) is 13.8 Å². The average Bonchev–Trinajstić information content (AvgIpc) is 2.27. The number of methoxy groups -OCH3 is 1. The van der Waals surface area contributed by atoms with Crippen LogP contribution in [0.3, 0.4) is 0 Å². The first-order chi connectivity index (χ1) is 8.11. The van der Waals surface area contributed by atoms with Crippen LogP contribution >= 0.6 is 11.6 Å². The minimum Gasteiger partial charge on any atom is -0.490 e. The summed E-state index contributed by atoms with van der Waals surface area (Å²) in [4.78, 5) is 10.3. The van der Waals surface area contributed by atoms with Gasteiger partial charge in [-0.3, -0.25) is 0 Å². The summed E-state index contributed by atoms with van der Waals surface area (Å²) >= 11 is 5.99. The number of anilines is 1. The van der Waals surface area contributed by atoms with E-state index < -0.39 is 0 Å². The summed E-state index contributed by atoms with van der Waals surface area (Å²) in [5.41, 5.74) is 0. The number of ether oxygens (including phenoxy) is 2. The fourth-order valence-electron chi connectivity index (χ4n) is 2.10. The first kappa shape index (κ1) is 12.4. The molecule has 5 nitrogen and oxygen atoms in total. The van der Waals surface area contributed by atoms with Crippen molar-refractivity contribution >= 4 is 17.4 Å². The molecule has 1 aromatic rings. The second-order valence-electron chi connectivity index (χ2n) is 4.18. The van der Waals surface area contributed by atoms with Gasteiger partial charge in [-0.2, -0.15) is 0 Å². The van der Waals surface area contributed by atoms with Crippen LogP contribution in [-0.2, 0) is 4.74 Å². The maximum atomic E-state index is 5.99. The largest absolute Gasteiger partial charge is 0.490 e. The van der Waals surface area contributed by atoms with Crippen LogP contribution in [0.2, 0.25) is 5.15 Å². The highest BCUT2D eigenvalue weighted by molar-refractivity contribution is 6.31. The molecule has 0 spiro atoms. The lowest BCUT2D eigenvalue weighted by Gasteiger charge is -2.36. The predicted octanol–water partition coefficient (Wildman–Crippen LogP) is 1.75. The van der Waals surface area contributed by atoms with Gasteiger partial charge >= 0.3 is 0 Å². The van der Waals surface area contributed by atoms with E-state index in [4.69, 9.17) is 21.1 Å². The maximum absolute atomic E-state index is 5.99. The molecule has 0 radical (unpaired) electrons. The first-order valence-electron chi connectivity index (χ1n) is 5.56. The molecule has 2 heterocycles. The van der Waals surface area contributed by atoms with E-state index in [9.17, 15) is 0 Å². The Balaban J connectivity index is 2.30. The maximum Gasteiger partial charge on any atom is 0.199 e. The van der Waals surface area contributed by atoms with Gasteiger partial charge in [0, 0.05) is 13.1 Å². The molecule has 0 saturated carbocycles. The highest BCUT2D eigenvalue weighted by Gasteiger charge is 2.26. The Hall–Kier alpha value is -1.07. The molecule has 0 bridgehead atoms. The molecule has 17 heavy (non-hydrogen) atoms. The van der Waals surface area contributed by atoms with Crippen LogP contribution < -0.4 is 9.64 Å². The Morgan fingerprint density at radius 1 is 1.35 bits per heavy atom. The Morgan fingerprint density at radius 2 is 2.00 bits per heavy atom. The van der Waals surface area contributed by atoms with Gasteiger partial charge in [0.2, 0.25) is 0 Å². The molecular weight excluding hydrogens is 242 g/mol. The lowest BCUT2D eigenvalue weighted by Crippen LogP contribution is -2.46. The van der Waals surface area contributed by atoms with Gasteiger partial charge in [-0.1, -0.05) is 11.6 Å². The highest BCUT2D eigenvalue weighted by atomic mass is 35.5. The van der Waals surface area contributed by atoms with Crippen molar-refractivity contribution in [1.29, 1.82) is 0 Å². The normalized spacial score (nSPS) is 24.8. The predicted molar refractivity (Wildman–Crippen MR) is 65.8 cm³/mol. The number of morpholine rings is 1. The van der Waals surface area contributed by atoms with Crippen LogP contribution in [-0.4, -0.2) is 42.4 Å². The number of nitrogens with zero attached hydrogens (tertiary/aromatic N) is 3. The molecule has 2 atom stereocenters. The molecule has 1 aromatic heterocycles. The summed E-state index contributed by atoms with van der Waals surface area (Å²) in [6.45, 7) is 5.62. The van der Waals surface area contributed by atoms with E-state index in [1.165, 1.54) is 6.33 Å². The molecule has 0 N–H and O–H groups in total. The van der Waals surface area contributed by atoms with Gasteiger partial charge in [-0.25, -0.2) is 9.97 Å². The van der Waals surface area contributed by atoms with Gasteiger partial charge in [0.1, 0.15) is 6.33 Å². The number of halogens is 1. The highest BCUT2D eigenvalue weighted by Crippen LogP contribution is 2.32. The molecule has 0 unspecified atom stereocenters. The number of hydrogen-bond acceptors (Lipinski definition) is 5. The summed E-state index contributed by atoms with van der Waals surface area (Å²) in [5, 5.41) is 0.337. The summed E-state index contributed by atoms with van der Waals surface area (Å²) in [5.74, 6) is 1.25. The van der Waals surface area contributed by atoms with Crippen molar-refractivity contribution in [3.8, 4) is 5.75 Å². The second kappa shape index (κ2) is 5.06. The van der Waals surface area contributed by atoms with Gasteiger partial charge in [-0.15, -0.1) is 0 Å². The average molecular weight is 258 g/mol. The molecule has 1 fully saturated rings. The van der Waals surface area contributed by atoms with Crippen LogP contribution in [0.1, 0.15) is 13.8 Å². The molecule has 1 aliphatic heterocycles. The second-order valence-corrected chi connectivity index (χ2v) is 4.54. The van der Waals surface area contributed by atoms with Gasteiger partial charge in [0.05, 0.1) is 19.3 Å². The van der Waals surface area contributed by atoms with Gasteiger partial charge in [0.15, 0.2) is 16.7 Å². The minimum absolute atomic E-state index is 0.164. The molecular formula is C11H16ClN3O2. The SMILES string of the molecule is COc1c(Cl)ncnc1N1C[C@@H](C)O[C@@H](C)C1. The van der Waals surface area contributed by atoms with Crippen molar-refractivity contribution in [2.45, 2.75) is 26.1 Å². The van der Waals surface area contributed by atoms with E-state index in [-0.39, 0.29) is 12.2 Å². The first-order valence-corrected chi connectivity index (χ1v) is 5.94. The smallest absolute Gasteiger partial charge is 0.199 e. The van der Waals surface area contributed by atoms with Crippen LogP contribution in [0.5, 0.6) is 5.75 Å². The minimum atomic E-state index is 0.164. The Morgan fingerprint density at radius 3 is 2.59 bits per heavy atom. The fraction of sp³-hybridized carbons (Fsp3) is 0.636. The third-order valence-corrected chi connectivity index (χ3v) is 2.93. The van der Waals surface area contributed by atoms with Crippen LogP contribution in [0.4, 0.5) is 5.82 Å². The zero-order valence-electron chi connectivity index (χ0n) is 10.2. The van der Waals surface area contributed by atoms with Crippen molar-refractivity contribution in [2.24, 2.45) is 0 Å². The lowest BCUT2D eigenvalue weighted by molar-refractivity contribution is -0.00558. The van der Waals surface area contributed by atoms with Crippen molar-refractivity contribution in [3.63, 3.8) is 0 Å². The number of aromatic nitrogens is 2. The van der Waals surface area contributed by atoms with Crippen molar-refractivity contribution < 1.29 is 9.47 Å². The van der Waals surface area contributed by atoms with Crippen LogP contribution in [0.15, 0.2) is 6.33 Å². The standard InChI is InChI=1S/C11H16ClN3O2/c1-7-4-15(5-8(2)17-7)11-9(16-3)10(12)13-6-14-11/h6-8H,4-5H2,1-3H3/t7-,8+. The van der Waals surface area contributed by atoms with E-state index in [0.29, 0.717) is 10.9 Å². The fourth-order valence-corrected chi connectivity index (χ4v) is 2.30. The zero-order valence-corrected chi connectivity index (χ0v) is 10.9. The van der Waals surface area contributed by atoms with E-state index in [1.807, 2.05) is 13.8 Å². The summed E-state index contributed by atoms with van der Waals surface area (Å²) in [6, 6.07) is 0. The lowest BCUT2D eigenvalue weighted by atomic mass is 10.2. The van der Waals surface area contributed by atoms with Crippen LogP contribution in [0, 0.1) is 0 Å². The monoisotopic (exact) mass is 257 g/mol. The summed E-state index contributed by atoms with van der Waals surface area (Å²) < 4.78 is 10.9. The van der Waals surface area contributed by atoms with Crippen molar-refractivity contribution in [3.05, 3.63) is 11.5 Å². The van der Waals surface area contributed by atoms with E-state index in [1.54, 1.807) is 7.11 Å². The molecule has 1 saturated heterocycles. The third-order valence-electron chi connectivity index (χ3n) is 2.66. The topological polar surface area (TPSA) is 47.5 Å². The Kier molecular flexibility index (Phi) is 3.69. The Bertz CT molecular complexity index is 392.